The van der Waals surface area contributed by atoms with E-state index in [1.807, 2.05) is 12.1 Å². The monoisotopic (exact) mass is 702 g/mol. The maximum absolute atomic E-state index is 5.03. The molecule has 0 spiro atoms. The number of benzene rings is 6. The van der Waals surface area contributed by atoms with Crippen LogP contribution in [0.5, 0.6) is 0 Å². The molecule has 2 heterocycles. The van der Waals surface area contributed by atoms with E-state index >= 15 is 0 Å². The van der Waals surface area contributed by atoms with Crippen molar-refractivity contribution in [3.8, 4) is 73.2 Å². The standard InChI is InChI=1S/C51H34N4/c1-3-13-35(14-4-1)37-23-29-40(30-24-37)49-52-50(41-31-25-38(26-32-41)36-15-5-2-6-16-36)54-51(53-49)42-33-27-39(28-34-42)43-17-7-10-20-46(43)55-47-21-11-8-18-44(47)45-19-9-12-22-48(45)55/h1-11,13-21,23-27,29-33H,12,22H2. The second kappa shape index (κ2) is 13.9. The number of allylic oxidation sites excluding steroid dienone is 1. The molecule has 1 aliphatic rings. The van der Waals surface area contributed by atoms with Crippen molar-refractivity contribution in [2.45, 2.75) is 12.8 Å². The molecule has 0 fully saturated rings. The van der Waals surface area contributed by atoms with Crippen molar-refractivity contribution in [3.05, 3.63) is 199 Å². The molecule has 0 bridgehead atoms. The van der Waals surface area contributed by atoms with Crippen molar-refractivity contribution in [2.75, 3.05) is 0 Å². The first-order valence-corrected chi connectivity index (χ1v) is 18.7. The Labute approximate surface area is 320 Å². The lowest BCUT2D eigenvalue weighted by atomic mass is 10.0. The van der Waals surface area contributed by atoms with Gasteiger partial charge in [-0.1, -0.05) is 170 Å². The van der Waals surface area contributed by atoms with Crippen molar-refractivity contribution in [3.63, 3.8) is 0 Å². The number of rotatable bonds is 7. The van der Waals surface area contributed by atoms with Gasteiger partial charge in [0.2, 0.25) is 0 Å². The molecule has 0 unspecified atom stereocenters. The van der Waals surface area contributed by atoms with E-state index in [-0.39, 0.29) is 0 Å². The molecule has 55 heavy (non-hydrogen) atoms. The molecule has 0 aliphatic heterocycles. The van der Waals surface area contributed by atoms with Gasteiger partial charge in [-0.2, -0.15) is 0 Å². The smallest absolute Gasteiger partial charge is 0.172 e. The summed E-state index contributed by atoms with van der Waals surface area (Å²) in [6, 6.07) is 66.0. The molecule has 0 radical (unpaired) electrons. The molecule has 2 aromatic heterocycles. The first-order chi connectivity index (χ1) is 27.3. The van der Waals surface area contributed by atoms with Crippen LogP contribution in [0.25, 0.3) is 90.2 Å². The summed E-state index contributed by atoms with van der Waals surface area (Å²) in [4.78, 5) is 15.1. The van der Waals surface area contributed by atoms with Crippen molar-refractivity contribution in [1.82, 2.24) is 19.5 Å². The Morgan fingerprint density at radius 1 is 0.436 bits per heavy atom. The summed E-state index contributed by atoms with van der Waals surface area (Å²) in [5.41, 5.74) is 14.2. The molecule has 0 N–H and O–H groups in total. The van der Waals surface area contributed by atoms with Crippen LogP contribution in [-0.4, -0.2) is 19.5 Å². The Kier molecular flexibility index (Phi) is 8.16. The average Bonchev–Trinajstić information content (AvgIpc) is 3.61. The number of fused-ring (bicyclic) bond motifs is 3. The van der Waals surface area contributed by atoms with Gasteiger partial charge in [-0.15, -0.1) is 0 Å². The molecule has 4 nitrogen and oxygen atoms in total. The van der Waals surface area contributed by atoms with Crippen molar-refractivity contribution >= 4 is 17.0 Å². The second-order valence-corrected chi connectivity index (χ2v) is 13.8. The van der Waals surface area contributed by atoms with Gasteiger partial charge < -0.3 is 4.57 Å². The third kappa shape index (κ3) is 6.08. The molecular formula is C51H34N4. The molecule has 0 atom stereocenters. The molecule has 9 aromatic rings. The lowest BCUT2D eigenvalue weighted by Crippen LogP contribution is -2.04. The topological polar surface area (TPSA) is 43.6 Å². The van der Waals surface area contributed by atoms with E-state index in [1.54, 1.807) is 0 Å². The molecule has 0 saturated heterocycles. The SMILES string of the molecule is c1c(-c2nc(-c3ccc(-c4ccccc4)cc3)nc(-c3ccc(-c4ccccc4)cc3)n2)ccc(-c2ccccc2-n2c3c(c4ccccc42)C=CCC3)c#1. The Morgan fingerprint density at radius 3 is 1.58 bits per heavy atom. The molecule has 7 aromatic carbocycles. The van der Waals surface area contributed by atoms with E-state index in [2.05, 4.69) is 187 Å². The first kappa shape index (κ1) is 32.3. The van der Waals surface area contributed by atoms with E-state index in [0.29, 0.717) is 17.5 Å². The number of aromatic nitrogens is 4. The van der Waals surface area contributed by atoms with Crippen LogP contribution in [0.2, 0.25) is 0 Å². The first-order valence-electron chi connectivity index (χ1n) is 18.7. The van der Waals surface area contributed by atoms with Crippen LogP contribution in [-0.2, 0) is 6.42 Å². The van der Waals surface area contributed by atoms with Crippen molar-refractivity contribution in [2.24, 2.45) is 0 Å². The highest BCUT2D eigenvalue weighted by Gasteiger charge is 2.20. The Hall–Kier alpha value is -7.35. The summed E-state index contributed by atoms with van der Waals surface area (Å²) in [5, 5.41) is 1.28. The van der Waals surface area contributed by atoms with E-state index < -0.39 is 0 Å². The van der Waals surface area contributed by atoms with E-state index in [1.165, 1.54) is 22.2 Å². The molecular weight excluding hydrogens is 669 g/mol. The normalized spacial score (nSPS) is 12.0. The summed E-state index contributed by atoms with van der Waals surface area (Å²) in [7, 11) is 0. The predicted molar refractivity (Wildman–Crippen MR) is 224 cm³/mol. The van der Waals surface area contributed by atoms with Gasteiger partial charge in [-0.05, 0) is 59.4 Å². The van der Waals surface area contributed by atoms with E-state index in [4.69, 9.17) is 15.0 Å². The van der Waals surface area contributed by atoms with Gasteiger partial charge >= 0.3 is 0 Å². The lowest BCUT2D eigenvalue weighted by Gasteiger charge is -2.16. The number of hydrogen-bond acceptors (Lipinski definition) is 3. The highest BCUT2D eigenvalue weighted by atomic mass is 15.0. The zero-order chi connectivity index (χ0) is 36.6. The van der Waals surface area contributed by atoms with Crippen LogP contribution in [0.1, 0.15) is 17.7 Å². The fourth-order valence-electron chi connectivity index (χ4n) is 7.65. The second-order valence-electron chi connectivity index (χ2n) is 13.8. The molecule has 1 aliphatic carbocycles. The van der Waals surface area contributed by atoms with Gasteiger partial charge in [0.05, 0.1) is 16.8 Å². The van der Waals surface area contributed by atoms with Gasteiger partial charge in [0, 0.05) is 38.9 Å². The summed E-state index contributed by atoms with van der Waals surface area (Å²) in [6.07, 6.45) is 6.59. The van der Waals surface area contributed by atoms with Crippen LogP contribution >= 0.6 is 0 Å². The van der Waals surface area contributed by atoms with Crippen molar-refractivity contribution < 1.29 is 0 Å². The maximum Gasteiger partial charge on any atom is 0.172 e. The third-order valence-corrected chi connectivity index (χ3v) is 10.4. The highest BCUT2D eigenvalue weighted by molar-refractivity contribution is 5.94. The minimum Gasteiger partial charge on any atom is -0.312 e. The summed E-state index contributed by atoms with van der Waals surface area (Å²) >= 11 is 0. The van der Waals surface area contributed by atoms with Crippen molar-refractivity contribution in [1.29, 1.82) is 0 Å². The Bertz CT molecular complexity index is 2720. The molecule has 10 rings (SSSR count). The zero-order valence-corrected chi connectivity index (χ0v) is 30.0. The van der Waals surface area contributed by atoms with Gasteiger partial charge in [0.1, 0.15) is 0 Å². The summed E-state index contributed by atoms with van der Waals surface area (Å²) in [5.74, 6) is 1.76. The third-order valence-electron chi connectivity index (χ3n) is 10.4. The number of para-hydroxylation sites is 2. The summed E-state index contributed by atoms with van der Waals surface area (Å²) < 4.78 is 2.43. The van der Waals surface area contributed by atoms with Gasteiger partial charge in [0.25, 0.3) is 0 Å². The van der Waals surface area contributed by atoms with E-state index in [0.717, 1.165) is 68.6 Å². The Balaban J connectivity index is 1.05. The fourth-order valence-corrected chi connectivity index (χ4v) is 7.65. The molecule has 0 saturated carbocycles. The van der Waals surface area contributed by atoms with Crippen LogP contribution in [0.4, 0.5) is 0 Å². The number of hydrogen-bond donors (Lipinski definition) is 0. The molecule has 4 heteroatoms. The molecule has 0 amide bonds. The lowest BCUT2D eigenvalue weighted by molar-refractivity contribution is 0.889. The largest absolute Gasteiger partial charge is 0.312 e. The van der Waals surface area contributed by atoms with Crippen LogP contribution in [0.15, 0.2) is 176 Å². The zero-order valence-electron chi connectivity index (χ0n) is 30.0. The predicted octanol–water partition coefficient (Wildman–Crippen LogP) is 12.4. The minimum atomic E-state index is 0.549. The Morgan fingerprint density at radius 2 is 0.945 bits per heavy atom. The fraction of sp³-hybridized carbons (Fsp3) is 0.0392. The highest BCUT2D eigenvalue weighted by Crippen LogP contribution is 2.37. The van der Waals surface area contributed by atoms with Crippen LogP contribution in [0.3, 0.4) is 0 Å². The quantitative estimate of drug-likeness (QED) is 0.166. The van der Waals surface area contributed by atoms with Gasteiger partial charge in [0.15, 0.2) is 17.5 Å². The molecule has 258 valence electrons. The van der Waals surface area contributed by atoms with E-state index in [9.17, 15) is 0 Å². The average molecular weight is 703 g/mol. The maximum atomic E-state index is 5.03. The summed E-state index contributed by atoms with van der Waals surface area (Å²) in [6.45, 7) is 0. The number of nitrogens with zero attached hydrogens (tertiary/aromatic N) is 4. The van der Waals surface area contributed by atoms with Gasteiger partial charge in [-0.25, -0.2) is 15.0 Å². The van der Waals surface area contributed by atoms with Crippen LogP contribution < -0.4 is 0 Å². The van der Waals surface area contributed by atoms with Crippen LogP contribution in [0, 0.1) is 12.1 Å². The minimum absolute atomic E-state index is 0.549. The van der Waals surface area contributed by atoms with Gasteiger partial charge in [-0.3, -0.25) is 0 Å².